The topological polar surface area (TPSA) is 47.6 Å². The molecular weight excluding hydrogens is 218 g/mol. The number of carbonyl (C=O) groups excluding carboxylic acids is 1. The van der Waals surface area contributed by atoms with E-state index in [-0.39, 0.29) is 18.6 Å². The van der Waals surface area contributed by atoms with Crippen LogP contribution >= 0.6 is 0 Å². The smallest absolute Gasteiger partial charge is 0.325 e. The molecule has 0 heterocycles. The first-order valence-corrected chi connectivity index (χ1v) is 5.60. The Labute approximate surface area is 102 Å². The second-order valence-corrected chi connectivity index (χ2v) is 3.98. The van der Waals surface area contributed by atoms with Gasteiger partial charge in [-0.25, -0.2) is 0 Å². The van der Waals surface area contributed by atoms with Crippen LogP contribution in [0.4, 0.5) is 5.69 Å². The van der Waals surface area contributed by atoms with E-state index in [2.05, 4.69) is 5.32 Å². The van der Waals surface area contributed by atoms with Crippen LogP contribution in [0.2, 0.25) is 0 Å². The van der Waals surface area contributed by atoms with Gasteiger partial charge in [-0.2, -0.15) is 0 Å². The highest BCUT2D eigenvalue weighted by atomic mass is 16.6. The fourth-order valence-corrected chi connectivity index (χ4v) is 1.38. The van der Waals surface area contributed by atoms with Gasteiger partial charge >= 0.3 is 5.97 Å². The molecule has 0 aliphatic rings. The monoisotopic (exact) mass is 237 g/mol. The molecule has 1 aromatic carbocycles. The molecule has 1 unspecified atom stereocenters. The van der Waals surface area contributed by atoms with Crippen molar-refractivity contribution in [3.63, 3.8) is 0 Å². The first-order chi connectivity index (χ1) is 8.11. The summed E-state index contributed by atoms with van der Waals surface area (Å²) in [4.78, 5) is 11.4. The van der Waals surface area contributed by atoms with E-state index in [0.717, 1.165) is 5.69 Å². The summed E-state index contributed by atoms with van der Waals surface area (Å²) >= 11 is 0. The molecule has 0 radical (unpaired) electrons. The number of methoxy groups -OCH3 is 1. The molecule has 0 saturated carbocycles. The molecule has 1 N–H and O–H groups in total. The number of esters is 1. The van der Waals surface area contributed by atoms with E-state index in [9.17, 15) is 4.79 Å². The summed E-state index contributed by atoms with van der Waals surface area (Å²) in [6.45, 7) is 4.39. The highest BCUT2D eigenvalue weighted by Gasteiger charge is 2.08. The molecule has 0 spiro atoms. The SMILES string of the molecule is COCC(C)OC(=O)CNc1ccc(C)cc1. The van der Waals surface area contributed by atoms with Crippen molar-refractivity contribution in [1.29, 1.82) is 0 Å². The van der Waals surface area contributed by atoms with Crippen LogP contribution in [0.25, 0.3) is 0 Å². The minimum atomic E-state index is -0.282. The fourth-order valence-electron chi connectivity index (χ4n) is 1.38. The zero-order valence-corrected chi connectivity index (χ0v) is 10.5. The molecule has 4 nitrogen and oxygen atoms in total. The van der Waals surface area contributed by atoms with Crippen molar-refractivity contribution in [1.82, 2.24) is 0 Å². The van der Waals surface area contributed by atoms with Gasteiger partial charge in [-0.1, -0.05) is 17.7 Å². The van der Waals surface area contributed by atoms with E-state index in [1.807, 2.05) is 31.2 Å². The third-order valence-corrected chi connectivity index (χ3v) is 2.22. The van der Waals surface area contributed by atoms with E-state index in [4.69, 9.17) is 9.47 Å². The maximum absolute atomic E-state index is 11.4. The molecular formula is C13H19NO3. The number of rotatable bonds is 6. The molecule has 0 fully saturated rings. The lowest BCUT2D eigenvalue weighted by Gasteiger charge is -2.12. The first kappa shape index (κ1) is 13.5. The van der Waals surface area contributed by atoms with Gasteiger partial charge in [-0.3, -0.25) is 4.79 Å². The van der Waals surface area contributed by atoms with Crippen molar-refractivity contribution in [2.24, 2.45) is 0 Å². The van der Waals surface area contributed by atoms with Crippen molar-refractivity contribution in [3.8, 4) is 0 Å². The van der Waals surface area contributed by atoms with Crippen LogP contribution in [0.5, 0.6) is 0 Å². The normalized spacial score (nSPS) is 11.9. The number of hydrogen-bond donors (Lipinski definition) is 1. The van der Waals surface area contributed by atoms with E-state index >= 15 is 0 Å². The Morgan fingerprint density at radius 1 is 1.35 bits per heavy atom. The molecule has 0 bridgehead atoms. The molecule has 4 heteroatoms. The Balaban J connectivity index is 2.30. The predicted octanol–water partition coefficient (Wildman–Crippen LogP) is 1.99. The maximum atomic E-state index is 11.4. The predicted molar refractivity (Wildman–Crippen MR) is 67.1 cm³/mol. The van der Waals surface area contributed by atoms with Crippen LogP contribution in [-0.4, -0.2) is 32.3 Å². The van der Waals surface area contributed by atoms with Crippen molar-refractivity contribution < 1.29 is 14.3 Å². The van der Waals surface area contributed by atoms with Gasteiger partial charge in [0.15, 0.2) is 0 Å². The lowest BCUT2D eigenvalue weighted by Crippen LogP contribution is -2.24. The summed E-state index contributed by atoms with van der Waals surface area (Å²) in [5, 5.41) is 3.00. The number of aryl methyl sites for hydroxylation is 1. The van der Waals surface area contributed by atoms with Crippen molar-refractivity contribution in [2.45, 2.75) is 20.0 Å². The number of benzene rings is 1. The maximum Gasteiger partial charge on any atom is 0.325 e. The first-order valence-electron chi connectivity index (χ1n) is 5.60. The van der Waals surface area contributed by atoms with Gasteiger partial charge in [-0.15, -0.1) is 0 Å². The van der Waals surface area contributed by atoms with Crippen LogP contribution in [0, 0.1) is 6.92 Å². The third-order valence-electron chi connectivity index (χ3n) is 2.22. The van der Waals surface area contributed by atoms with Gasteiger partial charge in [0.05, 0.1) is 6.61 Å². The Hall–Kier alpha value is -1.55. The van der Waals surface area contributed by atoms with Gasteiger partial charge in [-0.05, 0) is 26.0 Å². The molecule has 94 valence electrons. The van der Waals surface area contributed by atoms with Crippen LogP contribution in [0.15, 0.2) is 24.3 Å². The largest absolute Gasteiger partial charge is 0.459 e. The average molecular weight is 237 g/mol. The number of carbonyl (C=O) groups is 1. The molecule has 0 amide bonds. The third kappa shape index (κ3) is 5.36. The zero-order chi connectivity index (χ0) is 12.7. The summed E-state index contributed by atoms with van der Waals surface area (Å²) in [7, 11) is 1.58. The molecule has 1 rings (SSSR count). The Morgan fingerprint density at radius 3 is 2.59 bits per heavy atom. The van der Waals surface area contributed by atoms with Crippen molar-refractivity contribution in [2.75, 3.05) is 25.6 Å². The second kappa shape index (κ2) is 6.91. The van der Waals surface area contributed by atoms with E-state index in [0.29, 0.717) is 6.61 Å². The summed E-state index contributed by atoms with van der Waals surface area (Å²) in [5.41, 5.74) is 2.10. The lowest BCUT2D eigenvalue weighted by molar-refractivity contribution is -0.148. The summed E-state index contributed by atoms with van der Waals surface area (Å²) < 4.78 is 9.99. The summed E-state index contributed by atoms with van der Waals surface area (Å²) in [5.74, 6) is -0.282. The van der Waals surface area contributed by atoms with Gasteiger partial charge in [0.1, 0.15) is 12.6 Å². The van der Waals surface area contributed by atoms with Crippen molar-refractivity contribution in [3.05, 3.63) is 29.8 Å². The quantitative estimate of drug-likeness (QED) is 0.769. The van der Waals surface area contributed by atoms with E-state index in [1.165, 1.54) is 5.56 Å². The zero-order valence-electron chi connectivity index (χ0n) is 10.5. The molecule has 1 atom stereocenters. The Kier molecular flexibility index (Phi) is 5.49. The highest BCUT2D eigenvalue weighted by Crippen LogP contribution is 2.08. The van der Waals surface area contributed by atoms with Gasteiger partial charge in [0, 0.05) is 12.8 Å². The van der Waals surface area contributed by atoms with Crippen LogP contribution in [-0.2, 0) is 14.3 Å². The molecule has 17 heavy (non-hydrogen) atoms. The standard InChI is InChI=1S/C13H19NO3/c1-10-4-6-12(7-5-10)14-8-13(15)17-11(2)9-16-3/h4-7,11,14H,8-9H2,1-3H3. The second-order valence-electron chi connectivity index (χ2n) is 3.98. The van der Waals surface area contributed by atoms with Crippen LogP contribution in [0.1, 0.15) is 12.5 Å². The molecule has 0 aliphatic heterocycles. The average Bonchev–Trinajstić information content (AvgIpc) is 2.28. The lowest BCUT2D eigenvalue weighted by atomic mass is 10.2. The van der Waals surface area contributed by atoms with Crippen LogP contribution < -0.4 is 5.32 Å². The fraction of sp³-hybridized carbons (Fsp3) is 0.462. The Morgan fingerprint density at radius 2 is 2.00 bits per heavy atom. The van der Waals surface area contributed by atoms with Gasteiger partial charge in [0.25, 0.3) is 0 Å². The number of hydrogen-bond acceptors (Lipinski definition) is 4. The summed E-state index contributed by atoms with van der Waals surface area (Å²) in [6.07, 6.45) is -0.215. The minimum Gasteiger partial charge on any atom is -0.459 e. The molecule has 1 aromatic rings. The van der Waals surface area contributed by atoms with E-state index < -0.39 is 0 Å². The van der Waals surface area contributed by atoms with Crippen LogP contribution in [0.3, 0.4) is 0 Å². The molecule has 0 saturated heterocycles. The highest BCUT2D eigenvalue weighted by molar-refractivity contribution is 5.75. The molecule has 0 aliphatic carbocycles. The Bertz CT molecular complexity index is 348. The summed E-state index contributed by atoms with van der Waals surface area (Å²) in [6, 6.07) is 7.84. The van der Waals surface area contributed by atoms with E-state index in [1.54, 1.807) is 14.0 Å². The number of anilines is 1. The van der Waals surface area contributed by atoms with Crippen molar-refractivity contribution >= 4 is 11.7 Å². The van der Waals surface area contributed by atoms with Gasteiger partial charge in [0.2, 0.25) is 0 Å². The number of nitrogens with one attached hydrogen (secondary N) is 1. The van der Waals surface area contributed by atoms with Gasteiger partial charge < -0.3 is 14.8 Å². The minimum absolute atomic E-state index is 0.164. The molecule has 0 aromatic heterocycles. The number of ether oxygens (including phenoxy) is 2.